The standard InChI is InChI=1S/C16H14F2N2O3S/c17-11-4-7-15(14(18)9-11)24(22,23)20-13-3-1-2-10(8-13)16(21)19-12-5-6-12/h1-4,7-9,12,20H,5-6H2,(H,19,21). The number of carbonyl (C=O) groups is 1. The first-order chi connectivity index (χ1) is 11.3. The van der Waals surface area contributed by atoms with Crippen LogP contribution in [0.1, 0.15) is 23.2 Å². The summed E-state index contributed by atoms with van der Waals surface area (Å²) in [5, 5.41) is 2.79. The number of nitrogens with one attached hydrogen (secondary N) is 2. The Hall–Kier alpha value is -2.48. The zero-order chi connectivity index (χ0) is 17.3. The van der Waals surface area contributed by atoms with Crippen LogP contribution in [0.15, 0.2) is 47.4 Å². The largest absolute Gasteiger partial charge is 0.349 e. The summed E-state index contributed by atoms with van der Waals surface area (Å²) in [5.41, 5.74) is 0.406. The molecule has 0 saturated heterocycles. The molecule has 0 atom stereocenters. The molecule has 0 spiro atoms. The maximum Gasteiger partial charge on any atom is 0.264 e. The minimum Gasteiger partial charge on any atom is -0.349 e. The van der Waals surface area contributed by atoms with Crippen molar-refractivity contribution in [1.82, 2.24) is 5.32 Å². The summed E-state index contributed by atoms with van der Waals surface area (Å²) in [5.74, 6) is -2.36. The van der Waals surface area contributed by atoms with Gasteiger partial charge in [-0.25, -0.2) is 17.2 Å². The van der Waals surface area contributed by atoms with Crippen molar-refractivity contribution in [2.24, 2.45) is 0 Å². The van der Waals surface area contributed by atoms with E-state index >= 15 is 0 Å². The highest BCUT2D eigenvalue weighted by atomic mass is 32.2. The number of hydrogen-bond donors (Lipinski definition) is 2. The van der Waals surface area contributed by atoms with E-state index < -0.39 is 26.6 Å². The van der Waals surface area contributed by atoms with E-state index in [9.17, 15) is 22.0 Å². The van der Waals surface area contributed by atoms with Crippen molar-refractivity contribution in [2.45, 2.75) is 23.8 Å². The zero-order valence-corrected chi connectivity index (χ0v) is 13.2. The molecule has 1 aliphatic rings. The first kappa shape index (κ1) is 16.4. The van der Waals surface area contributed by atoms with E-state index in [4.69, 9.17) is 0 Å². The second kappa shape index (κ2) is 6.20. The number of hydrogen-bond acceptors (Lipinski definition) is 3. The Morgan fingerprint density at radius 3 is 2.50 bits per heavy atom. The summed E-state index contributed by atoms with van der Waals surface area (Å²) < 4.78 is 53.2. The molecule has 0 bridgehead atoms. The van der Waals surface area contributed by atoms with E-state index in [1.165, 1.54) is 18.2 Å². The number of halogens is 2. The van der Waals surface area contributed by atoms with E-state index in [2.05, 4.69) is 10.0 Å². The third-order valence-electron chi connectivity index (χ3n) is 3.47. The van der Waals surface area contributed by atoms with Gasteiger partial charge in [0.05, 0.1) is 0 Å². The van der Waals surface area contributed by atoms with Gasteiger partial charge in [-0.15, -0.1) is 0 Å². The predicted octanol–water partition coefficient (Wildman–Crippen LogP) is 2.66. The van der Waals surface area contributed by atoms with Crippen molar-refractivity contribution in [2.75, 3.05) is 4.72 Å². The van der Waals surface area contributed by atoms with Gasteiger partial charge < -0.3 is 5.32 Å². The predicted molar refractivity (Wildman–Crippen MR) is 84.1 cm³/mol. The summed E-state index contributed by atoms with van der Waals surface area (Å²) in [6.07, 6.45) is 1.86. The first-order valence-electron chi connectivity index (χ1n) is 7.24. The lowest BCUT2D eigenvalue weighted by Crippen LogP contribution is -2.25. The van der Waals surface area contributed by atoms with Crippen LogP contribution in [0.2, 0.25) is 0 Å². The lowest BCUT2D eigenvalue weighted by molar-refractivity contribution is 0.0951. The smallest absolute Gasteiger partial charge is 0.264 e. The molecular weight excluding hydrogens is 338 g/mol. The Balaban J connectivity index is 1.83. The fourth-order valence-corrected chi connectivity index (χ4v) is 3.23. The second-order valence-corrected chi connectivity index (χ2v) is 7.16. The van der Waals surface area contributed by atoms with Gasteiger partial charge in [-0.3, -0.25) is 9.52 Å². The monoisotopic (exact) mass is 352 g/mol. The average Bonchev–Trinajstić information content (AvgIpc) is 3.30. The molecule has 2 N–H and O–H groups in total. The van der Waals surface area contributed by atoms with E-state index in [0.29, 0.717) is 11.6 Å². The third kappa shape index (κ3) is 3.70. The number of amides is 1. The number of sulfonamides is 1. The van der Waals surface area contributed by atoms with Gasteiger partial charge >= 0.3 is 0 Å². The molecule has 5 nitrogen and oxygen atoms in total. The quantitative estimate of drug-likeness (QED) is 0.869. The van der Waals surface area contributed by atoms with Gasteiger partial charge in [0.15, 0.2) is 0 Å². The molecule has 1 saturated carbocycles. The molecule has 0 radical (unpaired) electrons. The van der Waals surface area contributed by atoms with Gasteiger partial charge in [0, 0.05) is 23.4 Å². The highest BCUT2D eigenvalue weighted by molar-refractivity contribution is 7.92. The van der Waals surface area contributed by atoms with Crippen LogP contribution < -0.4 is 10.0 Å². The van der Waals surface area contributed by atoms with Crippen LogP contribution in [0.4, 0.5) is 14.5 Å². The highest BCUT2D eigenvalue weighted by Gasteiger charge is 2.24. The summed E-state index contributed by atoms with van der Waals surface area (Å²) in [6, 6.07) is 8.23. The Bertz CT molecular complexity index is 896. The molecular formula is C16H14F2N2O3S. The van der Waals surface area contributed by atoms with Gasteiger partial charge in [-0.1, -0.05) is 6.07 Å². The van der Waals surface area contributed by atoms with Crippen molar-refractivity contribution >= 4 is 21.6 Å². The van der Waals surface area contributed by atoms with Crippen molar-refractivity contribution < 1.29 is 22.0 Å². The van der Waals surface area contributed by atoms with E-state index in [1.54, 1.807) is 6.07 Å². The summed E-state index contributed by atoms with van der Waals surface area (Å²) in [7, 11) is -4.24. The second-order valence-electron chi connectivity index (χ2n) is 5.51. The molecule has 1 fully saturated rings. The number of rotatable bonds is 5. The maximum atomic E-state index is 13.7. The van der Waals surface area contributed by atoms with Crippen LogP contribution in [0.3, 0.4) is 0 Å². The third-order valence-corrected chi connectivity index (χ3v) is 4.89. The van der Waals surface area contributed by atoms with Crippen LogP contribution >= 0.6 is 0 Å². The number of anilines is 1. The topological polar surface area (TPSA) is 75.3 Å². The molecule has 24 heavy (non-hydrogen) atoms. The fourth-order valence-electron chi connectivity index (χ4n) is 2.12. The van der Waals surface area contributed by atoms with Crippen molar-refractivity contribution in [3.05, 3.63) is 59.7 Å². The van der Waals surface area contributed by atoms with Crippen molar-refractivity contribution in [3.8, 4) is 0 Å². The van der Waals surface area contributed by atoms with Gasteiger partial charge in [-0.2, -0.15) is 0 Å². The molecule has 1 aliphatic carbocycles. The molecule has 0 heterocycles. The lowest BCUT2D eigenvalue weighted by atomic mass is 10.2. The number of carbonyl (C=O) groups excluding carboxylic acids is 1. The van der Waals surface area contributed by atoms with Crippen LogP contribution in [-0.4, -0.2) is 20.4 Å². The molecule has 126 valence electrons. The molecule has 2 aromatic rings. The minimum absolute atomic E-state index is 0.113. The average molecular weight is 352 g/mol. The van der Waals surface area contributed by atoms with Gasteiger partial charge in [-0.05, 0) is 43.2 Å². The Kier molecular flexibility index (Phi) is 4.23. The van der Waals surface area contributed by atoms with E-state index in [-0.39, 0.29) is 17.6 Å². The van der Waals surface area contributed by atoms with Gasteiger partial charge in [0.1, 0.15) is 16.5 Å². The van der Waals surface area contributed by atoms with Crippen molar-refractivity contribution in [3.63, 3.8) is 0 Å². The van der Waals surface area contributed by atoms with E-state index in [0.717, 1.165) is 25.0 Å². The maximum absolute atomic E-state index is 13.7. The Morgan fingerprint density at radius 1 is 1.08 bits per heavy atom. The van der Waals surface area contributed by atoms with Crippen LogP contribution in [0, 0.1) is 11.6 Å². The molecule has 1 amide bonds. The van der Waals surface area contributed by atoms with Gasteiger partial charge in [0.2, 0.25) is 0 Å². The zero-order valence-electron chi connectivity index (χ0n) is 12.4. The van der Waals surface area contributed by atoms with Crippen LogP contribution in [0.25, 0.3) is 0 Å². The molecule has 0 aromatic heterocycles. The first-order valence-corrected chi connectivity index (χ1v) is 8.72. The fraction of sp³-hybridized carbons (Fsp3) is 0.188. The lowest BCUT2D eigenvalue weighted by Gasteiger charge is -2.10. The van der Waals surface area contributed by atoms with Crippen LogP contribution in [0.5, 0.6) is 0 Å². The minimum atomic E-state index is -4.24. The van der Waals surface area contributed by atoms with E-state index in [1.807, 2.05) is 0 Å². The molecule has 0 aliphatic heterocycles. The molecule has 8 heteroatoms. The van der Waals surface area contributed by atoms with Gasteiger partial charge in [0.25, 0.3) is 15.9 Å². The Morgan fingerprint density at radius 2 is 1.83 bits per heavy atom. The Labute approximate surface area is 137 Å². The van der Waals surface area contributed by atoms with Crippen molar-refractivity contribution in [1.29, 1.82) is 0 Å². The SMILES string of the molecule is O=C(NC1CC1)c1cccc(NS(=O)(=O)c2ccc(F)cc2F)c1. The van der Waals surface area contributed by atoms with Crippen LogP contribution in [-0.2, 0) is 10.0 Å². The summed E-state index contributed by atoms with van der Waals surface area (Å²) >= 11 is 0. The molecule has 0 unspecified atom stereocenters. The normalized spacial score (nSPS) is 14.2. The molecule has 3 rings (SSSR count). The molecule has 2 aromatic carbocycles. The summed E-state index contributed by atoms with van der Waals surface area (Å²) in [6.45, 7) is 0. The number of benzene rings is 2. The summed E-state index contributed by atoms with van der Waals surface area (Å²) in [4.78, 5) is 11.3. The highest BCUT2D eigenvalue weighted by Crippen LogP contribution is 2.22.